The second kappa shape index (κ2) is 6.71. The number of carbonyl (C=O) groups is 1. The number of hydrogen-bond donors (Lipinski definition) is 2. The molecule has 1 amide bonds. The third kappa shape index (κ3) is 4.35. The van der Waals surface area contributed by atoms with Crippen LogP contribution in [0.3, 0.4) is 0 Å². The van der Waals surface area contributed by atoms with Gasteiger partial charge < -0.3 is 10.6 Å². The van der Waals surface area contributed by atoms with Crippen LogP contribution in [-0.4, -0.2) is 25.5 Å². The summed E-state index contributed by atoms with van der Waals surface area (Å²) in [7, 11) is 0. The summed E-state index contributed by atoms with van der Waals surface area (Å²) in [6, 6.07) is 6.28. The minimum Gasteiger partial charge on any atom is -0.356 e. The average Bonchev–Trinajstić information content (AvgIpc) is 2.87. The van der Waals surface area contributed by atoms with Crippen LogP contribution >= 0.6 is 0 Å². The van der Waals surface area contributed by atoms with Crippen LogP contribution in [0.4, 0.5) is 0 Å². The molecular weight excluding hydrogens is 236 g/mol. The zero-order valence-electron chi connectivity index (χ0n) is 12.0. The van der Waals surface area contributed by atoms with E-state index < -0.39 is 0 Å². The Balaban J connectivity index is 1.75. The molecule has 1 unspecified atom stereocenters. The Kier molecular flexibility index (Phi) is 4.97. The van der Waals surface area contributed by atoms with E-state index >= 15 is 0 Å². The fraction of sp³-hybridized carbons (Fsp3) is 0.562. The Hall–Kier alpha value is -1.35. The predicted molar refractivity (Wildman–Crippen MR) is 78.2 cm³/mol. The highest BCUT2D eigenvalue weighted by Crippen LogP contribution is 2.12. The van der Waals surface area contributed by atoms with Gasteiger partial charge in [-0.2, -0.15) is 0 Å². The van der Waals surface area contributed by atoms with E-state index in [0.29, 0.717) is 6.42 Å². The third-order valence-electron chi connectivity index (χ3n) is 3.89. The molecule has 0 aromatic heterocycles. The van der Waals surface area contributed by atoms with Gasteiger partial charge in [0.15, 0.2) is 0 Å². The highest BCUT2D eigenvalue weighted by atomic mass is 16.1. The number of nitrogens with one attached hydrogen (secondary N) is 2. The van der Waals surface area contributed by atoms with Crippen molar-refractivity contribution in [2.45, 2.75) is 33.1 Å². The van der Waals surface area contributed by atoms with E-state index in [0.717, 1.165) is 37.5 Å². The van der Waals surface area contributed by atoms with Gasteiger partial charge in [0.25, 0.3) is 0 Å². The highest BCUT2D eigenvalue weighted by Gasteiger charge is 2.14. The second-order valence-corrected chi connectivity index (χ2v) is 5.60. The Morgan fingerprint density at radius 2 is 2.26 bits per heavy atom. The molecule has 1 aromatic carbocycles. The van der Waals surface area contributed by atoms with Crippen molar-refractivity contribution in [2.75, 3.05) is 19.6 Å². The lowest BCUT2D eigenvalue weighted by molar-refractivity contribution is -0.120. The molecule has 0 aliphatic carbocycles. The van der Waals surface area contributed by atoms with E-state index in [9.17, 15) is 4.79 Å². The number of amides is 1. The maximum atomic E-state index is 11.9. The summed E-state index contributed by atoms with van der Waals surface area (Å²) in [5.41, 5.74) is 3.55. The van der Waals surface area contributed by atoms with Crippen LogP contribution in [0.1, 0.15) is 29.5 Å². The monoisotopic (exact) mass is 260 g/mol. The van der Waals surface area contributed by atoms with E-state index in [1.807, 2.05) is 0 Å². The molecule has 0 spiro atoms. The zero-order chi connectivity index (χ0) is 13.7. The molecule has 0 radical (unpaired) electrons. The first kappa shape index (κ1) is 14.1. The van der Waals surface area contributed by atoms with Gasteiger partial charge in [-0.15, -0.1) is 0 Å². The largest absolute Gasteiger partial charge is 0.356 e. The minimum atomic E-state index is 0.139. The van der Waals surface area contributed by atoms with Gasteiger partial charge in [-0.05, 0) is 56.8 Å². The number of benzene rings is 1. The van der Waals surface area contributed by atoms with Gasteiger partial charge in [0.05, 0.1) is 6.42 Å². The van der Waals surface area contributed by atoms with Crippen LogP contribution < -0.4 is 10.6 Å². The lowest BCUT2D eigenvalue weighted by Crippen LogP contribution is -2.28. The van der Waals surface area contributed by atoms with Crippen LogP contribution in [0.5, 0.6) is 0 Å². The molecule has 1 atom stereocenters. The van der Waals surface area contributed by atoms with Gasteiger partial charge in [-0.3, -0.25) is 4.79 Å². The first-order chi connectivity index (χ1) is 9.15. The Labute approximate surface area is 115 Å². The zero-order valence-corrected chi connectivity index (χ0v) is 12.0. The van der Waals surface area contributed by atoms with Gasteiger partial charge in [0.2, 0.25) is 5.91 Å². The molecule has 1 heterocycles. The molecule has 1 aliphatic rings. The van der Waals surface area contributed by atoms with Crippen LogP contribution in [0.2, 0.25) is 0 Å². The summed E-state index contributed by atoms with van der Waals surface area (Å²) in [6.45, 7) is 7.16. The van der Waals surface area contributed by atoms with Crippen molar-refractivity contribution in [1.29, 1.82) is 0 Å². The van der Waals surface area contributed by atoms with E-state index in [4.69, 9.17) is 0 Å². The van der Waals surface area contributed by atoms with E-state index in [2.05, 4.69) is 42.7 Å². The van der Waals surface area contributed by atoms with Crippen LogP contribution in [0.25, 0.3) is 0 Å². The summed E-state index contributed by atoms with van der Waals surface area (Å²) in [5.74, 6) is 0.876. The maximum absolute atomic E-state index is 11.9. The molecule has 0 bridgehead atoms. The van der Waals surface area contributed by atoms with Gasteiger partial charge in [-0.25, -0.2) is 0 Å². The lowest BCUT2D eigenvalue weighted by atomic mass is 10.0. The highest BCUT2D eigenvalue weighted by molar-refractivity contribution is 5.78. The fourth-order valence-electron chi connectivity index (χ4n) is 2.60. The minimum absolute atomic E-state index is 0.139. The molecule has 1 aromatic rings. The molecule has 1 saturated heterocycles. The molecule has 3 heteroatoms. The van der Waals surface area contributed by atoms with Gasteiger partial charge in [0, 0.05) is 6.54 Å². The van der Waals surface area contributed by atoms with Crippen molar-refractivity contribution in [3.05, 3.63) is 34.9 Å². The van der Waals surface area contributed by atoms with E-state index in [-0.39, 0.29) is 5.91 Å². The Morgan fingerprint density at radius 1 is 1.42 bits per heavy atom. The molecule has 2 rings (SSSR count). The molecule has 1 fully saturated rings. The quantitative estimate of drug-likeness (QED) is 0.850. The van der Waals surface area contributed by atoms with Crippen LogP contribution in [0.15, 0.2) is 18.2 Å². The molecule has 1 aliphatic heterocycles. The van der Waals surface area contributed by atoms with Gasteiger partial charge in [0.1, 0.15) is 0 Å². The Morgan fingerprint density at radius 3 is 3.00 bits per heavy atom. The van der Waals surface area contributed by atoms with Crippen LogP contribution in [0, 0.1) is 19.8 Å². The second-order valence-electron chi connectivity index (χ2n) is 5.60. The summed E-state index contributed by atoms with van der Waals surface area (Å²) in [4.78, 5) is 11.9. The number of aryl methyl sites for hydroxylation is 2. The summed E-state index contributed by atoms with van der Waals surface area (Å²) in [6.07, 6.45) is 2.83. The summed E-state index contributed by atoms with van der Waals surface area (Å²) in [5, 5.41) is 6.39. The maximum Gasteiger partial charge on any atom is 0.224 e. The normalized spacial score (nSPS) is 18.5. The summed E-state index contributed by atoms with van der Waals surface area (Å²) >= 11 is 0. The fourth-order valence-corrected chi connectivity index (χ4v) is 2.60. The van der Waals surface area contributed by atoms with Crippen molar-refractivity contribution in [2.24, 2.45) is 5.92 Å². The molecule has 3 nitrogen and oxygen atoms in total. The van der Waals surface area contributed by atoms with Crippen molar-refractivity contribution in [1.82, 2.24) is 10.6 Å². The van der Waals surface area contributed by atoms with E-state index in [1.165, 1.54) is 17.5 Å². The van der Waals surface area contributed by atoms with E-state index in [1.54, 1.807) is 0 Å². The van der Waals surface area contributed by atoms with Crippen LogP contribution in [-0.2, 0) is 11.2 Å². The smallest absolute Gasteiger partial charge is 0.224 e. The predicted octanol–water partition coefficient (Wildman–Crippen LogP) is 1.96. The standard InChI is InChI=1S/C16H24N2O/c1-12-3-4-13(2)15(9-12)10-16(19)18-8-6-14-5-7-17-11-14/h3-4,9,14,17H,5-8,10-11H2,1-2H3,(H,18,19). The van der Waals surface area contributed by atoms with Crippen molar-refractivity contribution >= 4 is 5.91 Å². The molecular formula is C16H24N2O. The molecule has 2 N–H and O–H groups in total. The Bertz CT molecular complexity index is 436. The summed E-state index contributed by atoms with van der Waals surface area (Å²) < 4.78 is 0. The van der Waals surface area contributed by atoms with Crippen molar-refractivity contribution in [3.63, 3.8) is 0 Å². The number of hydrogen-bond acceptors (Lipinski definition) is 2. The first-order valence-electron chi connectivity index (χ1n) is 7.18. The molecule has 19 heavy (non-hydrogen) atoms. The number of carbonyl (C=O) groups excluding carboxylic acids is 1. The lowest BCUT2D eigenvalue weighted by Gasteiger charge is -2.10. The average molecular weight is 260 g/mol. The van der Waals surface area contributed by atoms with Crippen molar-refractivity contribution in [3.8, 4) is 0 Å². The SMILES string of the molecule is Cc1ccc(C)c(CC(=O)NCCC2CCNC2)c1. The number of rotatable bonds is 5. The first-order valence-corrected chi connectivity index (χ1v) is 7.18. The topological polar surface area (TPSA) is 41.1 Å². The molecule has 104 valence electrons. The van der Waals surface area contributed by atoms with Gasteiger partial charge in [-0.1, -0.05) is 23.8 Å². The molecule has 0 saturated carbocycles. The third-order valence-corrected chi connectivity index (χ3v) is 3.89. The van der Waals surface area contributed by atoms with Gasteiger partial charge >= 0.3 is 0 Å². The van der Waals surface area contributed by atoms with Crippen molar-refractivity contribution < 1.29 is 4.79 Å².